The molecular formula is C24H35N5O2. The summed E-state index contributed by atoms with van der Waals surface area (Å²) in [7, 11) is 1.67. The van der Waals surface area contributed by atoms with Crippen LogP contribution in [0.3, 0.4) is 0 Å². The van der Waals surface area contributed by atoms with Crippen LogP contribution in [0, 0.1) is 5.41 Å². The summed E-state index contributed by atoms with van der Waals surface area (Å²) in [6, 6.07) is 7.95. The van der Waals surface area contributed by atoms with Gasteiger partial charge in [-0.05, 0) is 49.1 Å². The van der Waals surface area contributed by atoms with E-state index in [1.54, 1.807) is 7.11 Å². The zero-order chi connectivity index (χ0) is 22.0. The van der Waals surface area contributed by atoms with E-state index in [1.165, 1.54) is 5.69 Å². The van der Waals surface area contributed by atoms with Gasteiger partial charge in [0, 0.05) is 31.7 Å². The van der Waals surface area contributed by atoms with Crippen LogP contribution in [0.5, 0.6) is 5.75 Å². The standard InChI is InChI=1S/C24H35N5O2/c1-5-27-10-12-28(13-11-27)17-23(30)26-21-14-24(2,3)15-22-20(21)16-25-29(22)18-6-8-19(31-4)9-7-18/h6-9,16,21H,5,10-15,17H2,1-4H3,(H,26,30). The molecule has 0 saturated carbocycles. The Labute approximate surface area is 185 Å². The fraction of sp³-hybridized carbons (Fsp3) is 0.583. The molecule has 1 aliphatic carbocycles. The second kappa shape index (κ2) is 9.01. The molecule has 7 heteroatoms. The number of rotatable bonds is 6. The Kier molecular flexibility index (Phi) is 6.34. The quantitative estimate of drug-likeness (QED) is 0.771. The molecule has 2 aliphatic rings. The van der Waals surface area contributed by atoms with Gasteiger partial charge in [-0.1, -0.05) is 20.8 Å². The third-order valence-electron chi connectivity index (χ3n) is 6.61. The first kappa shape index (κ1) is 21.8. The van der Waals surface area contributed by atoms with Crippen molar-refractivity contribution in [3.05, 3.63) is 41.7 Å². The van der Waals surface area contributed by atoms with Crippen molar-refractivity contribution in [1.29, 1.82) is 0 Å². The van der Waals surface area contributed by atoms with Crippen LogP contribution in [-0.4, -0.2) is 71.9 Å². The van der Waals surface area contributed by atoms with E-state index < -0.39 is 0 Å². The van der Waals surface area contributed by atoms with Crippen LogP contribution in [0.1, 0.15) is 44.5 Å². The van der Waals surface area contributed by atoms with Crippen molar-refractivity contribution < 1.29 is 9.53 Å². The zero-order valence-electron chi connectivity index (χ0n) is 19.2. The number of aromatic nitrogens is 2. The van der Waals surface area contributed by atoms with Gasteiger partial charge in [0.2, 0.25) is 5.91 Å². The third-order valence-corrected chi connectivity index (χ3v) is 6.61. The van der Waals surface area contributed by atoms with Crippen molar-refractivity contribution in [3.63, 3.8) is 0 Å². The second-order valence-corrected chi connectivity index (χ2v) is 9.53. The molecule has 0 bridgehead atoms. The average molecular weight is 426 g/mol. The number of carbonyl (C=O) groups is 1. The van der Waals surface area contributed by atoms with E-state index in [0.717, 1.165) is 62.6 Å². The Balaban J connectivity index is 1.48. The van der Waals surface area contributed by atoms with E-state index in [2.05, 4.69) is 41.0 Å². The van der Waals surface area contributed by atoms with E-state index in [4.69, 9.17) is 4.74 Å². The van der Waals surface area contributed by atoms with Crippen molar-refractivity contribution in [3.8, 4) is 11.4 Å². The Hall–Kier alpha value is -2.38. The number of benzene rings is 1. The van der Waals surface area contributed by atoms with Gasteiger partial charge in [0.15, 0.2) is 0 Å². The molecule has 1 aromatic carbocycles. The number of nitrogens with one attached hydrogen (secondary N) is 1. The lowest BCUT2D eigenvalue weighted by molar-refractivity contribution is -0.123. The SMILES string of the molecule is CCN1CCN(CC(=O)NC2CC(C)(C)Cc3c2cnn3-c2ccc(OC)cc2)CC1. The third kappa shape index (κ3) is 4.93. The first-order valence-electron chi connectivity index (χ1n) is 11.3. The molecule has 1 aromatic heterocycles. The number of piperazine rings is 1. The van der Waals surface area contributed by atoms with E-state index in [1.807, 2.05) is 35.1 Å². The molecule has 2 heterocycles. The van der Waals surface area contributed by atoms with Crippen molar-refractivity contribution in [2.45, 2.75) is 39.7 Å². The number of carbonyl (C=O) groups excluding carboxylic acids is 1. The summed E-state index contributed by atoms with van der Waals surface area (Å²) in [4.78, 5) is 17.6. The number of likely N-dealkylation sites (N-methyl/N-ethyl adjacent to an activating group) is 1. The Morgan fingerprint density at radius 3 is 2.48 bits per heavy atom. The number of hydrogen-bond acceptors (Lipinski definition) is 5. The molecule has 1 aliphatic heterocycles. The first-order chi connectivity index (χ1) is 14.9. The summed E-state index contributed by atoms with van der Waals surface area (Å²) in [5.74, 6) is 0.936. The maximum absolute atomic E-state index is 12.9. The molecule has 1 saturated heterocycles. The van der Waals surface area contributed by atoms with Crippen molar-refractivity contribution in [2.75, 3.05) is 46.4 Å². The van der Waals surface area contributed by atoms with Crippen LogP contribution >= 0.6 is 0 Å². The number of fused-ring (bicyclic) bond motifs is 1. The van der Waals surface area contributed by atoms with Gasteiger partial charge in [-0.25, -0.2) is 4.68 Å². The molecule has 31 heavy (non-hydrogen) atoms. The van der Waals surface area contributed by atoms with Crippen LogP contribution in [0.2, 0.25) is 0 Å². The van der Waals surface area contributed by atoms with E-state index in [0.29, 0.717) is 6.54 Å². The van der Waals surface area contributed by atoms with E-state index in [9.17, 15) is 4.79 Å². The maximum atomic E-state index is 12.9. The van der Waals surface area contributed by atoms with Crippen LogP contribution in [0.25, 0.3) is 5.69 Å². The Morgan fingerprint density at radius 2 is 1.84 bits per heavy atom. The number of ether oxygens (including phenoxy) is 1. The van der Waals surface area contributed by atoms with Crippen molar-refractivity contribution in [2.24, 2.45) is 5.41 Å². The molecule has 0 radical (unpaired) electrons. The monoisotopic (exact) mass is 425 g/mol. The molecule has 168 valence electrons. The Bertz CT molecular complexity index is 897. The molecule has 1 N–H and O–H groups in total. The minimum atomic E-state index is -0.00446. The lowest BCUT2D eigenvalue weighted by atomic mass is 9.74. The zero-order valence-corrected chi connectivity index (χ0v) is 19.2. The molecular weight excluding hydrogens is 390 g/mol. The topological polar surface area (TPSA) is 62.6 Å². The summed E-state index contributed by atoms with van der Waals surface area (Å²) in [6.45, 7) is 12.3. The molecule has 1 amide bonds. The molecule has 1 fully saturated rings. The van der Waals surface area contributed by atoms with Gasteiger partial charge < -0.3 is 15.0 Å². The van der Waals surface area contributed by atoms with Crippen molar-refractivity contribution >= 4 is 5.91 Å². The van der Waals surface area contributed by atoms with Gasteiger partial charge >= 0.3 is 0 Å². The maximum Gasteiger partial charge on any atom is 0.234 e. The van der Waals surface area contributed by atoms with Crippen LogP contribution in [0.15, 0.2) is 30.5 Å². The highest BCUT2D eigenvalue weighted by molar-refractivity contribution is 5.78. The number of nitrogens with zero attached hydrogens (tertiary/aromatic N) is 4. The lowest BCUT2D eigenvalue weighted by Crippen LogP contribution is -2.50. The molecule has 2 aromatic rings. The van der Waals surface area contributed by atoms with Crippen LogP contribution in [-0.2, 0) is 11.2 Å². The summed E-state index contributed by atoms with van der Waals surface area (Å²) in [5, 5.41) is 8.01. The molecule has 4 rings (SSSR count). The van der Waals surface area contributed by atoms with E-state index >= 15 is 0 Å². The van der Waals surface area contributed by atoms with Crippen molar-refractivity contribution in [1.82, 2.24) is 24.9 Å². The second-order valence-electron chi connectivity index (χ2n) is 9.53. The summed E-state index contributed by atoms with van der Waals surface area (Å²) < 4.78 is 7.30. The highest BCUT2D eigenvalue weighted by atomic mass is 16.5. The summed E-state index contributed by atoms with van der Waals surface area (Å²) >= 11 is 0. The van der Waals surface area contributed by atoms with Gasteiger partial charge in [-0.3, -0.25) is 9.69 Å². The number of methoxy groups -OCH3 is 1. The van der Waals surface area contributed by atoms with Gasteiger partial charge in [0.1, 0.15) is 5.75 Å². The van der Waals surface area contributed by atoms with Crippen LogP contribution < -0.4 is 10.1 Å². The molecule has 1 unspecified atom stereocenters. The normalized spacial score (nSPS) is 21.5. The number of hydrogen-bond donors (Lipinski definition) is 1. The first-order valence-corrected chi connectivity index (χ1v) is 11.3. The van der Waals surface area contributed by atoms with Gasteiger partial charge in [0.05, 0.1) is 37.3 Å². The average Bonchev–Trinajstić information content (AvgIpc) is 3.17. The highest BCUT2D eigenvalue weighted by Crippen LogP contribution is 2.41. The lowest BCUT2D eigenvalue weighted by Gasteiger charge is -2.37. The summed E-state index contributed by atoms with van der Waals surface area (Å²) in [6.07, 6.45) is 3.78. The minimum Gasteiger partial charge on any atom is -0.497 e. The van der Waals surface area contributed by atoms with Gasteiger partial charge in [-0.2, -0.15) is 5.10 Å². The van der Waals surface area contributed by atoms with E-state index in [-0.39, 0.29) is 17.4 Å². The highest BCUT2D eigenvalue weighted by Gasteiger charge is 2.36. The summed E-state index contributed by atoms with van der Waals surface area (Å²) in [5.41, 5.74) is 3.42. The largest absolute Gasteiger partial charge is 0.497 e. The fourth-order valence-corrected chi connectivity index (χ4v) is 4.82. The predicted molar refractivity (Wildman–Crippen MR) is 122 cm³/mol. The van der Waals surface area contributed by atoms with Crippen LogP contribution in [0.4, 0.5) is 0 Å². The molecule has 1 atom stereocenters. The smallest absolute Gasteiger partial charge is 0.234 e. The number of amides is 1. The predicted octanol–water partition coefficient (Wildman–Crippen LogP) is 2.65. The van der Waals surface area contributed by atoms with Gasteiger partial charge in [0.25, 0.3) is 0 Å². The molecule has 7 nitrogen and oxygen atoms in total. The Morgan fingerprint density at radius 1 is 1.16 bits per heavy atom. The fourth-order valence-electron chi connectivity index (χ4n) is 4.82. The molecule has 0 spiro atoms. The minimum absolute atomic E-state index is 0.00446. The van der Waals surface area contributed by atoms with Gasteiger partial charge in [-0.15, -0.1) is 0 Å².